The minimum Gasteiger partial charge on any atom is -0.387 e. The number of pyridine rings is 2. The second kappa shape index (κ2) is 9.68. The first-order valence-corrected chi connectivity index (χ1v) is 11.6. The molecule has 0 aromatic carbocycles. The van der Waals surface area contributed by atoms with Crippen LogP contribution in [0.1, 0.15) is 11.9 Å². The number of nitrogens with zero attached hydrogens (tertiary/aromatic N) is 4. The molecular formula is C20H21N4O9P. The maximum absolute atomic E-state index is 13.1. The SMILES string of the molecule is O=c1ccn([C@@H]2O[C@H](COP(=O)(O)O)[C@H](O)C2O)c(=O)n1Cc1cc(-c2cccnc2)ccn1. The highest BCUT2D eigenvalue weighted by atomic mass is 31.2. The number of phosphoric acid groups is 1. The molecule has 0 saturated carbocycles. The van der Waals surface area contributed by atoms with Gasteiger partial charge in [0.25, 0.3) is 5.56 Å². The van der Waals surface area contributed by atoms with Crippen molar-refractivity contribution in [2.75, 3.05) is 6.61 Å². The molecule has 0 spiro atoms. The second-order valence-corrected chi connectivity index (χ2v) is 8.78. The molecule has 4 atom stereocenters. The molecule has 1 saturated heterocycles. The maximum Gasteiger partial charge on any atom is 0.469 e. The molecule has 0 aliphatic carbocycles. The van der Waals surface area contributed by atoms with Gasteiger partial charge in [-0.1, -0.05) is 6.07 Å². The van der Waals surface area contributed by atoms with E-state index in [-0.39, 0.29) is 6.54 Å². The van der Waals surface area contributed by atoms with E-state index in [9.17, 15) is 24.4 Å². The van der Waals surface area contributed by atoms with Gasteiger partial charge < -0.3 is 24.7 Å². The van der Waals surface area contributed by atoms with Gasteiger partial charge in [0.1, 0.15) is 18.3 Å². The lowest BCUT2D eigenvalue weighted by Gasteiger charge is -2.18. The molecule has 0 amide bonds. The Kier molecular flexibility index (Phi) is 6.86. The molecule has 4 rings (SSSR count). The van der Waals surface area contributed by atoms with Crippen LogP contribution >= 0.6 is 7.82 Å². The second-order valence-electron chi connectivity index (χ2n) is 7.54. The van der Waals surface area contributed by atoms with E-state index in [4.69, 9.17) is 14.5 Å². The van der Waals surface area contributed by atoms with E-state index in [1.54, 1.807) is 30.6 Å². The Hall–Kier alpha value is -3.03. The van der Waals surface area contributed by atoms with Gasteiger partial charge in [0.15, 0.2) is 6.23 Å². The molecule has 3 aromatic rings. The van der Waals surface area contributed by atoms with E-state index in [2.05, 4.69) is 14.5 Å². The largest absolute Gasteiger partial charge is 0.469 e. The Morgan fingerprint density at radius 2 is 1.88 bits per heavy atom. The molecule has 4 heterocycles. The zero-order valence-electron chi connectivity index (χ0n) is 17.5. The first-order chi connectivity index (χ1) is 16.1. The molecule has 0 radical (unpaired) electrons. The predicted molar refractivity (Wildman–Crippen MR) is 115 cm³/mol. The monoisotopic (exact) mass is 492 g/mol. The third-order valence-corrected chi connectivity index (χ3v) is 5.73. The van der Waals surface area contributed by atoms with Crippen molar-refractivity contribution < 1.29 is 33.8 Å². The Morgan fingerprint density at radius 3 is 2.59 bits per heavy atom. The van der Waals surface area contributed by atoms with Crippen LogP contribution in [0.4, 0.5) is 0 Å². The van der Waals surface area contributed by atoms with Gasteiger partial charge in [0.05, 0.1) is 18.8 Å². The van der Waals surface area contributed by atoms with Gasteiger partial charge in [-0.2, -0.15) is 0 Å². The number of ether oxygens (including phenoxy) is 1. The number of aromatic nitrogens is 4. The number of hydrogen-bond donors (Lipinski definition) is 4. The zero-order chi connectivity index (χ0) is 24.5. The predicted octanol–water partition coefficient (Wildman–Crippen LogP) is -0.756. The molecule has 1 aliphatic heterocycles. The van der Waals surface area contributed by atoms with Crippen LogP contribution in [-0.2, 0) is 20.4 Å². The fraction of sp³-hybridized carbons (Fsp3) is 0.300. The summed E-state index contributed by atoms with van der Waals surface area (Å²) in [5.41, 5.74) is 0.564. The molecule has 0 bridgehead atoms. The molecule has 1 unspecified atom stereocenters. The Morgan fingerprint density at radius 1 is 1.09 bits per heavy atom. The van der Waals surface area contributed by atoms with E-state index in [1.165, 1.54) is 6.20 Å². The highest BCUT2D eigenvalue weighted by Gasteiger charge is 2.45. The maximum atomic E-state index is 13.1. The molecule has 14 heteroatoms. The summed E-state index contributed by atoms with van der Waals surface area (Å²) in [7, 11) is -4.84. The van der Waals surface area contributed by atoms with Crippen LogP contribution in [0.25, 0.3) is 11.1 Å². The minimum atomic E-state index is -4.84. The highest BCUT2D eigenvalue weighted by Crippen LogP contribution is 2.38. The van der Waals surface area contributed by atoms with E-state index < -0.39 is 50.2 Å². The van der Waals surface area contributed by atoms with Gasteiger partial charge in [-0.3, -0.25) is 28.4 Å². The summed E-state index contributed by atoms with van der Waals surface area (Å²) < 4.78 is 22.5. The van der Waals surface area contributed by atoms with Crippen LogP contribution in [0.5, 0.6) is 0 Å². The van der Waals surface area contributed by atoms with Crippen LogP contribution in [-0.4, -0.2) is 64.0 Å². The van der Waals surface area contributed by atoms with Crippen molar-refractivity contribution in [3.63, 3.8) is 0 Å². The lowest BCUT2D eigenvalue weighted by molar-refractivity contribution is -0.0548. The molecule has 34 heavy (non-hydrogen) atoms. The third-order valence-electron chi connectivity index (χ3n) is 5.25. The minimum absolute atomic E-state index is 0.178. The lowest BCUT2D eigenvalue weighted by Crippen LogP contribution is -2.43. The standard InChI is InChI=1S/C20H21N4O9P/c25-16-4-7-23(19-18(27)17(26)15(33-19)11-32-34(29,30)31)20(28)24(16)10-14-8-12(3-6-22-14)13-2-1-5-21-9-13/h1-9,15,17-19,26-27H,10-11H2,(H2,29,30,31)/t15-,17+,18?,19-/m1/s1. The number of phosphoric ester groups is 1. The van der Waals surface area contributed by atoms with E-state index in [0.29, 0.717) is 5.69 Å². The van der Waals surface area contributed by atoms with Crippen LogP contribution in [0, 0.1) is 0 Å². The van der Waals surface area contributed by atoms with Crippen molar-refractivity contribution in [1.29, 1.82) is 0 Å². The van der Waals surface area contributed by atoms with E-state index in [0.717, 1.165) is 32.5 Å². The molecule has 180 valence electrons. The number of hydrogen-bond acceptors (Lipinski definition) is 9. The van der Waals surface area contributed by atoms with Crippen molar-refractivity contribution in [2.45, 2.75) is 31.1 Å². The van der Waals surface area contributed by atoms with Crippen LogP contribution in [0.15, 0.2) is 64.7 Å². The average molecular weight is 492 g/mol. The number of rotatable bonds is 7. The van der Waals surface area contributed by atoms with Crippen molar-refractivity contribution in [3.8, 4) is 11.1 Å². The summed E-state index contributed by atoms with van der Waals surface area (Å²) >= 11 is 0. The number of aliphatic hydroxyl groups is 2. The van der Waals surface area contributed by atoms with Crippen molar-refractivity contribution in [2.24, 2.45) is 0 Å². The van der Waals surface area contributed by atoms with Gasteiger partial charge in [0.2, 0.25) is 0 Å². The van der Waals surface area contributed by atoms with Crippen molar-refractivity contribution in [3.05, 3.63) is 81.7 Å². The molecule has 3 aromatic heterocycles. The van der Waals surface area contributed by atoms with Crippen LogP contribution in [0.2, 0.25) is 0 Å². The first-order valence-electron chi connectivity index (χ1n) is 10.0. The third kappa shape index (κ3) is 5.21. The van der Waals surface area contributed by atoms with Crippen molar-refractivity contribution >= 4 is 7.82 Å². The topological polar surface area (TPSA) is 186 Å². The normalized spacial score (nSPS) is 22.7. The molecule has 1 aliphatic rings. The fourth-order valence-electron chi connectivity index (χ4n) is 3.58. The van der Waals surface area contributed by atoms with E-state index >= 15 is 0 Å². The number of aliphatic hydroxyl groups excluding tert-OH is 2. The van der Waals surface area contributed by atoms with Crippen molar-refractivity contribution in [1.82, 2.24) is 19.1 Å². The molecule has 13 nitrogen and oxygen atoms in total. The molecule has 4 N–H and O–H groups in total. The fourth-order valence-corrected chi connectivity index (χ4v) is 3.92. The van der Waals surface area contributed by atoms with E-state index in [1.807, 2.05) is 6.07 Å². The van der Waals surface area contributed by atoms with Crippen LogP contribution in [0.3, 0.4) is 0 Å². The smallest absolute Gasteiger partial charge is 0.387 e. The van der Waals surface area contributed by atoms with Gasteiger partial charge in [-0.25, -0.2) is 9.36 Å². The Labute approximate surface area is 191 Å². The zero-order valence-corrected chi connectivity index (χ0v) is 18.4. The lowest BCUT2D eigenvalue weighted by atomic mass is 10.1. The van der Waals surface area contributed by atoms with Gasteiger partial charge >= 0.3 is 13.5 Å². The Bertz CT molecular complexity index is 1320. The molecule has 1 fully saturated rings. The summed E-state index contributed by atoms with van der Waals surface area (Å²) in [6.45, 7) is -0.902. The van der Waals surface area contributed by atoms with Gasteiger partial charge in [0, 0.05) is 36.4 Å². The highest BCUT2D eigenvalue weighted by molar-refractivity contribution is 7.46. The molecular weight excluding hydrogens is 471 g/mol. The van der Waals surface area contributed by atoms with Crippen LogP contribution < -0.4 is 11.2 Å². The summed E-state index contributed by atoms with van der Waals surface area (Å²) in [5, 5.41) is 20.5. The Balaban J connectivity index is 1.60. The average Bonchev–Trinajstić information content (AvgIpc) is 3.09. The summed E-state index contributed by atoms with van der Waals surface area (Å²) in [4.78, 5) is 51.5. The summed E-state index contributed by atoms with van der Waals surface area (Å²) in [5.74, 6) is 0. The van der Waals surface area contributed by atoms with Gasteiger partial charge in [-0.05, 0) is 23.8 Å². The van der Waals surface area contributed by atoms with Gasteiger partial charge in [-0.15, -0.1) is 0 Å². The quantitative estimate of drug-likeness (QED) is 0.304. The first kappa shape index (κ1) is 24.1. The summed E-state index contributed by atoms with van der Waals surface area (Å²) in [6.07, 6.45) is -0.0207. The summed E-state index contributed by atoms with van der Waals surface area (Å²) in [6, 6.07) is 8.19.